The van der Waals surface area contributed by atoms with E-state index in [2.05, 4.69) is 23.1 Å². The molecule has 0 amide bonds. The van der Waals surface area contributed by atoms with E-state index in [-0.39, 0.29) is 5.54 Å². The first-order valence-corrected chi connectivity index (χ1v) is 7.15. The highest BCUT2D eigenvalue weighted by Crippen LogP contribution is 2.41. The maximum absolute atomic E-state index is 4.75. The zero-order valence-corrected chi connectivity index (χ0v) is 10.8. The molecule has 17 heavy (non-hydrogen) atoms. The third kappa shape index (κ3) is 1.81. The molecule has 0 aromatic carbocycles. The lowest BCUT2D eigenvalue weighted by atomic mass is 9.88. The molecule has 1 aromatic rings. The average Bonchev–Trinajstić information content (AvgIpc) is 2.95. The lowest BCUT2D eigenvalue weighted by molar-refractivity contribution is 0.311. The van der Waals surface area contributed by atoms with Crippen LogP contribution in [0.5, 0.6) is 0 Å². The minimum Gasteiger partial charge on any atom is -0.334 e. The number of hydrogen-bond acceptors (Lipinski definition) is 2. The predicted molar refractivity (Wildman–Crippen MR) is 69.0 cm³/mol. The van der Waals surface area contributed by atoms with Gasteiger partial charge in [0, 0.05) is 25.2 Å². The Morgan fingerprint density at radius 1 is 1.41 bits per heavy atom. The van der Waals surface area contributed by atoms with Gasteiger partial charge in [-0.05, 0) is 19.3 Å². The molecule has 1 aliphatic heterocycles. The van der Waals surface area contributed by atoms with Crippen LogP contribution in [0.25, 0.3) is 0 Å². The van der Waals surface area contributed by atoms with Crippen molar-refractivity contribution in [2.75, 3.05) is 6.54 Å². The van der Waals surface area contributed by atoms with Gasteiger partial charge in [-0.2, -0.15) is 0 Å². The van der Waals surface area contributed by atoms with Crippen molar-refractivity contribution in [3.63, 3.8) is 0 Å². The third-order valence-corrected chi connectivity index (χ3v) is 4.43. The molecule has 1 spiro atoms. The molecule has 1 aromatic heterocycles. The summed E-state index contributed by atoms with van der Waals surface area (Å²) in [6, 6.07) is 0. The monoisotopic (exact) mass is 233 g/mol. The molecule has 1 saturated carbocycles. The molecule has 1 aliphatic carbocycles. The summed E-state index contributed by atoms with van der Waals surface area (Å²) in [4.78, 5) is 4.75. The first-order chi connectivity index (χ1) is 8.36. The van der Waals surface area contributed by atoms with Crippen LogP contribution in [-0.4, -0.2) is 16.1 Å². The van der Waals surface area contributed by atoms with E-state index >= 15 is 0 Å². The zero-order valence-electron chi connectivity index (χ0n) is 10.8. The van der Waals surface area contributed by atoms with E-state index in [0.29, 0.717) is 0 Å². The van der Waals surface area contributed by atoms with Crippen molar-refractivity contribution in [2.24, 2.45) is 0 Å². The highest BCUT2D eigenvalue weighted by atomic mass is 15.1. The lowest BCUT2D eigenvalue weighted by Gasteiger charge is -2.34. The van der Waals surface area contributed by atoms with Gasteiger partial charge in [0.2, 0.25) is 0 Å². The second-order valence-corrected chi connectivity index (χ2v) is 5.55. The Kier molecular flexibility index (Phi) is 2.95. The van der Waals surface area contributed by atoms with E-state index in [1.807, 2.05) is 0 Å². The SMILES string of the molecule is CCCCn1cnc2c1CCNC21CCCC1. The number of fused-ring (bicyclic) bond motifs is 2. The van der Waals surface area contributed by atoms with Crippen molar-refractivity contribution in [1.82, 2.24) is 14.9 Å². The van der Waals surface area contributed by atoms with Crippen molar-refractivity contribution in [3.05, 3.63) is 17.7 Å². The molecule has 0 atom stereocenters. The highest BCUT2D eigenvalue weighted by Gasteiger charge is 2.41. The van der Waals surface area contributed by atoms with E-state index in [4.69, 9.17) is 4.98 Å². The second-order valence-electron chi connectivity index (χ2n) is 5.55. The van der Waals surface area contributed by atoms with Crippen LogP contribution in [0.1, 0.15) is 56.8 Å². The standard InChI is InChI=1S/C14H23N3/c1-2-3-10-17-11-15-13-12(17)6-9-16-14(13)7-4-5-8-14/h11,16H,2-10H2,1H3. The largest absolute Gasteiger partial charge is 0.334 e. The first-order valence-electron chi connectivity index (χ1n) is 7.15. The van der Waals surface area contributed by atoms with Crippen LogP contribution in [0.2, 0.25) is 0 Å². The molecule has 0 bridgehead atoms. The number of aryl methyl sites for hydroxylation is 1. The molecule has 94 valence electrons. The van der Waals surface area contributed by atoms with Crippen LogP contribution in [0, 0.1) is 0 Å². The minimum atomic E-state index is 0.241. The van der Waals surface area contributed by atoms with Gasteiger partial charge in [0.1, 0.15) is 0 Å². The Morgan fingerprint density at radius 3 is 3.00 bits per heavy atom. The average molecular weight is 233 g/mol. The molecule has 2 aliphatic rings. The Balaban J connectivity index is 1.91. The van der Waals surface area contributed by atoms with Gasteiger partial charge in [0.05, 0.1) is 17.6 Å². The number of aromatic nitrogens is 2. The lowest BCUT2D eigenvalue weighted by Crippen LogP contribution is -2.45. The summed E-state index contributed by atoms with van der Waals surface area (Å²) in [6.07, 6.45) is 11.0. The van der Waals surface area contributed by atoms with Crippen LogP contribution in [0.3, 0.4) is 0 Å². The maximum Gasteiger partial charge on any atom is 0.0952 e. The summed E-state index contributed by atoms with van der Waals surface area (Å²) in [6.45, 7) is 4.53. The van der Waals surface area contributed by atoms with Gasteiger partial charge < -0.3 is 9.88 Å². The molecule has 0 saturated heterocycles. The topological polar surface area (TPSA) is 29.9 Å². The van der Waals surface area contributed by atoms with Crippen LogP contribution >= 0.6 is 0 Å². The van der Waals surface area contributed by atoms with Crippen LogP contribution < -0.4 is 5.32 Å². The number of unbranched alkanes of at least 4 members (excludes halogenated alkanes) is 1. The van der Waals surface area contributed by atoms with Crippen molar-refractivity contribution in [1.29, 1.82) is 0 Å². The molecule has 0 unspecified atom stereocenters. The van der Waals surface area contributed by atoms with Gasteiger partial charge in [-0.25, -0.2) is 4.98 Å². The van der Waals surface area contributed by atoms with E-state index in [1.54, 1.807) is 0 Å². The smallest absolute Gasteiger partial charge is 0.0952 e. The fourth-order valence-electron chi connectivity index (χ4n) is 3.49. The summed E-state index contributed by atoms with van der Waals surface area (Å²) in [7, 11) is 0. The molecule has 1 N–H and O–H groups in total. The number of imidazole rings is 1. The van der Waals surface area contributed by atoms with Crippen molar-refractivity contribution >= 4 is 0 Å². The van der Waals surface area contributed by atoms with Gasteiger partial charge >= 0.3 is 0 Å². The Bertz CT molecular complexity index is 388. The predicted octanol–water partition coefficient (Wildman–Crippen LogP) is 2.60. The first kappa shape index (κ1) is 11.3. The van der Waals surface area contributed by atoms with Gasteiger partial charge in [0.15, 0.2) is 0 Å². The van der Waals surface area contributed by atoms with Gasteiger partial charge in [-0.1, -0.05) is 26.2 Å². The summed E-state index contributed by atoms with van der Waals surface area (Å²) < 4.78 is 2.40. The zero-order chi connectivity index (χ0) is 11.7. The van der Waals surface area contributed by atoms with Crippen LogP contribution in [0.15, 0.2) is 6.33 Å². The summed E-state index contributed by atoms with van der Waals surface area (Å²) >= 11 is 0. The normalized spacial score (nSPS) is 21.9. The number of hydrogen-bond donors (Lipinski definition) is 1. The van der Waals surface area contributed by atoms with E-state index in [9.17, 15) is 0 Å². The number of nitrogens with zero attached hydrogens (tertiary/aromatic N) is 2. The summed E-state index contributed by atoms with van der Waals surface area (Å²) in [5.74, 6) is 0. The Labute approximate surface area is 104 Å². The second kappa shape index (κ2) is 4.45. The molecule has 3 rings (SSSR count). The van der Waals surface area contributed by atoms with Gasteiger partial charge in [0.25, 0.3) is 0 Å². The maximum atomic E-state index is 4.75. The molecule has 0 radical (unpaired) electrons. The number of nitrogens with one attached hydrogen (secondary N) is 1. The molecular weight excluding hydrogens is 210 g/mol. The van der Waals surface area contributed by atoms with E-state index < -0.39 is 0 Å². The Morgan fingerprint density at radius 2 is 2.24 bits per heavy atom. The van der Waals surface area contributed by atoms with Crippen molar-refractivity contribution < 1.29 is 0 Å². The van der Waals surface area contributed by atoms with E-state index in [1.165, 1.54) is 49.9 Å². The summed E-state index contributed by atoms with van der Waals surface area (Å²) in [5.41, 5.74) is 3.13. The van der Waals surface area contributed by atoms with Gasteiger partial charge in [-0.3, -0.25) is 0 Å². The third-order valence-electron chi connectivity index (χ3n) is 4.43. The Hall–Kier alpha value is -0.830. The fraction of sp³-hybridized carbons (Fsp3) is 0.786. The molecule has 2 heterocycles. The van der Waals surface area contributed by atoms with Crippen molar-refractivity contribution in [2.45, 2.75) is 64.0 Å². The molecular formula is C14H23N3. The highest BCUT2D eigenvalue weighted by molar-refractivity contribution is 5.27. The van der Waals surface area contributed by atoms with Gasteiger partial charge in [-0.15, -0.1) is 0 Å². The molecule has 3 nitrogen and oxygen atoms in total. The summed E-state index contributed by atoms with van der Waals surface area (Å²) in [5, 5.41) is 3.74. The van der Waals surface area contributed by atoms with E-state index in [0.717, 1.165) is 19.5 Å². The van der Waals surface area contributed by atoms with Crippen molar-refractivity contribution in [3.8, 4) is 0 Å². The molecule has 1 fully saturated rings. The molecule has 3 heteroatoms. The number of rotatable bonds is 3. The van der Waals surface area contributed by atoms with Crippen LogP contribution in [-0.2, 0) is 18.5 Å². The quantitative estimate of drug-likeness (QED) is 0.869. The van der Waals surface area contributed by atoms with Crippen LogP contribution in [0.4, 0.5) is 0 Å². The minimum absolute atomic E-state index is 0.241. The fourth-order valence-corrected chi connectivity index (χ4v) is 3.49.